The number of fused-ring (bicyclic) bond motifs is 1. The van der Waals surface area contributed by atoms with E-state index in [0.29, 0.717) is 24.5 Å². The molecule has 0 aliphatic carbocycles. The van der Waals surface area contributed by atoms with Crippen LogP contribution in [0.25, 0.3) is 10.9 Å². The number of ether oxygens (including phenoxy) is 2. The van der Waals surface area contributed by atoms with E-state index in [-0.39, 0.29) is 11.8 Å². The lowest BCUT2D eigenvalue weighted by molar-refractivity contribution is -0.130. The summed E-state index contributed by atoms with van der Waals surface area (Å²) in [6.45, 7) is 2.72. The number of nitrogens with zero attached hydrogens (tertiary/aromatic N) is 2. The number of methoxy groups -OCH3 is 2. The summed E-state index contributed by atoms with van der Waals surface area (Å²) in [5.41, 5.74) is 5.84. The minimum Gasteiger partial charge on any atom is -0.493 e. The van der Waals surface area contributed by atoms with E-state index in [1.807, 2.05) is 30.1 Å². The van der Waals surface area contributed by atoms with Crippen molar-refractivity contribution in [3.8, 4) is 11.5 Å². The fourth-order valence-electron chi connectivity index (χ4n) is 4.64. The van der Waals surface area contributed by atoms with Crippen molar-refractivity contribution in [1.82, 2.24) is 9.47 Å². The van der Waals surface area contributed by atoms with Gasteiger partial charge in [-0.3, -0.25) is 4.79 Å². The van der Waals surface area contributed by atoms with Crippen LogP contribution < -0.4 is 9.47 Å². The molecule has 5 heteroatoms. The molecule has 35 heavy (non-hydrogen) atoms. The first-order valence-electron chi connectivity index (χ1n) is 12.0. The number of amides is 1. The van der Waals surface area contributed by atoms with Gasteiger partial charge in [0.2, 0.25) is 5.91 Å². The van der Waals surface area contributed by atoms with Crippen LogP contribution in [0.2, 0.25) is 0 Å². The Morgan fingerprint density at radius 2 is 1.69 bits per heavy atom. The van der Waals surface area contributed by atoms with Gasteiger partial charge in [-0.25, -0.2) is 0 Å². The molecular weight excluding hydrogens is 436 g/mol. The lowest BCUT2D eigenvalue weighted by Gasteiger charge is -2.22. The van der Waals surface area contributed by atoms with E-state index in [9.17, 15) is 4.79 Å². The van der Waals surface area contributed by atoms with Gasteiger partial charge in [-0.05, 0) is 48.2 Å². The molecule has 5 nitrogen and oxygen atoms in total. The summed E-state index contributed by atoms with van der Waals surface area (Å²) in [4.78, 5) is 15.3. The number of rotatable bonds is 9. The third-order valence-electron chi connectivity index (χ3n) is 6.77. The molecule has 4 aromatic rings. The van der Waals surface area contributed by atoms with E-state index >= 15 is 0 Å². The Balaban J connectivity index is 1.55. The van der Waals surface area contributed by atoms with Crippen molar-refractivity contribution >= 4 is 16.8 Å². The van der Waals surface area contributed by atoms with Crippen molar-refractivity contribution in [2.75, 3.05) is 27.8 Å². The molecule has 0 saturated heterocycles. The van der Waals surface area contributed by atoms with E-state index in [1.54, 1.807) is 14.2 Å². The van der Waals surface area contributed by atoms with E-state index in [2.05, 4.69) is 73.3 Å². The quantitative estimate of drug-likeness (QED) is 0.314. The molecular formula is C30H34N2O3. The fraction of sp³-hybridized carbons (Fsp3) is 0.300. The third kappa shape index (κ3) is 5.35. The fourth-order valence-corrected chi connectivity index (χ4v) is 4.64. The number of hydrogen-bond donors (Lipinski definition) is 0. The molecule has 1 heterocycles. The van der Waals surface area contributed by atoms with Crippen molar-refractivity contribution in [2.24, 2.45) is 7.05 Å². The van der Waals surface area contributed by atoms with Gasteiger partial charge in [-0.15, -0.1) is 0 Å². The number of aryl methyl sites for hydroxylation is 2. The summed E-state index contributed by atoms with van der Waals surface area (Å²) in [5, 5.41) is 1.20. The molecule has 0 spiro atoms. The molecule has 0 N–H and O–H groups in total. The predicted molar refractivity (Wildman–Crippen MR) is 141 cm³/mol. The van der Waals surface area contributed by atoms with E-state index in [4.69, 9.17) is 9.47 Å². The van der Waals surface area contributed by atoms with Crippen LogP contribution in [0.5, 0.6) is 11.5 Å². The molecule has 1 unspecified atom stereocenters. The minimum atomic E-state index is -0.0160. The highest BCUT2D eigenvalue weighted by molar-refractivity contribution is 5.86. The molecule has 182 valence electrons. The van der Waals surface area contributed by atoms with Gasteiger partial charge in [0.15, 0.2) is 11.5 Å². The number of benzene rings is 3. The van der Waals surface area contributed by atoms with E-state index in [1.165, 1.54) is 22.0 Å². The van der Waals surface area contributed by atoms with Crippen LogP contribution in [0, 0.1) is 6.92 Å². The molecule has 0 aliphatic rings. The topological polar surface area (TPSA) is 43.7 Å². The van der Waals surface area contributed by atoms with Gasteiger partial charge >= 0.3 is 0 Å². The zero-order valence-corrected chi connectivity index (χ0v) is 21.2. The largest absolute Gasteiger partial charge is 0.493 e. The molecule has 1 aromatic heterocycles. The summed E-state index contributed by atoms with van der Waals surface area (Å²) in [6.07, 6.45) is 3.33. The van der Waals surface area contributed by atoms with Crippen LogP contribution in [0.3, 0.4) is 0 Å². The zero-order valence-electron chi connectivity index (χ0n) is 21.2. The number of para-hydroxylation sites is 1. The molecule has 4 rings (SSSR count). The van der Waals surface area contributed by atoms with Crippen molar-refractivity contribution in [2.45, 2.75) is 25.7 Å². The average molecular weight is 471 g/mol. The van der Waals surface area contributed by atoms with Crippen LogP contribution in [-0.2, 0) is 18.3 Å². The third-order valence-corrected chi connectivity index (χ3v) is 6.77. The van der Waals surface area contributed by atoms with Crippen molar-refractivity contribution in [3.05, 3.63) is 95.2 Å². The SMILES string of the molecule is COc1ccc(CCN(C)C(=O)CC(c2ccc(C)cc2)c2cn(C)c3ccccc23)cc1OC. The van der Waals surface area contributed by atoms with E-state index in [0.717, 1.165) is 17.5 Å². The maximum atomic E-state index is 13.4. The molecule has 0 aliphatic heterocycles. The Labute approximate surface area is 207 Å². The molecule has 1 amide bonds. The van der Waals surface area contributed by atoms with Crippen molar-refractivity contribution in [1.29, 1.82) is 0 Å². The smallest absolute Gasteiger partial charge is 0.223 e. The first kappa shape index (κ1) is 24.4. The van der Waals surface area contributed by atoms with Crippen LogP contribution in [0.4, 0.5) is 0 Å². The summed E-state index contributed by atoms with van der Waals surface area (Å²) in [6, 6.07) is 22.8. The van der Waals surface area contributed by atoms with Crippen LogP contribution >= 0.6 is 0 Å². The monoisotopic (exact) mass is 470 g/mol. The van der Waals surface area contributed by atoms with Gasteiger partial charge < -0.3 is 18.9 Å². The second-order valence-electron chi connectivity index (χ2n) is 9.13. The predicted octanol–water partition coefficient (Wildman–Crippen LogP) is 5.73. The summed E-state index contributed by atoms with van der Waals surface area (Å²) in [7, 11) is 7.22. The molecule has 0 radical (unpaired) electrons. The Morgan fingerprint density at radius 3 is 2.40 bits per heavy atom. The molecule has 0 fully saturated rings. The standard InChI is InChI=1S/C30H34N2O3/c1-21-10-13-23(14-11-21)25(26-20-32(3)27-9-7-6-8-24(26)27)19-30(33)31(2)17-16-22-12-15-28(34-4)29(18-22)35-5/h6-15,18,20,25H,16-17,19H2,1-5H3. The maximum absolute atomic E-state index is 13.4. The molecule has 0 bridgehead atoms. The number of hydrogen-bond acceptors (Lipinski definition) is 3. The Hall–Kier alpha value is -3.73. The molecule has 3 aromatic carbocycles. The average Bonchev–Trinajstić information content (AvgIpc) is 3.22. The van der Waals surface area contributed by atoms with E-state index < -0.39 is 0 Å². The maximum Gasteiger partial charge on any atom is 0.223 e. The molecule has 1 atom stereocenters. The highest BCUT2D eigenvalue weighted by atomic mass is 16.5. The van der Waals surface area contributed by atoms with Gasteiger partial charge in [-0.2, -0.15) is 0 Å². The van der Waals surface area contributed by atoms with Gasteiger partial charge in [-0.1, -0.05) is 54.1 Å². The lowest BCUT2D eigenvalue weighted by Crippen LogP contribution is -2.30. The van der Waals surface area contributed by atoms with Crippen molar-refractivity contribution < 1.29 is 14.3 Å². The summed E-state index contributed by atoms with van der Waals surface area (Å²) in [5.74, 6) is 1.52. The highest BCUT2D eigenvalue weighted by Crippen LogP contribution is 2.35. The summed E-state index contributed by atoms with van der Waals surface area (Å²) >= 11 is 0. The number of likely N-dealkylation sites (N-methyl/N-ethyl adjacent to an activating group) is 1. The Morgan fingerprint density at radius 1 is 0.971 bits per heavy atom. The number of carbonyl (C=O) groups excluding carboxylic acids is 1. The van der Waals surface area contributed by atoms with Crippen LogP contribution in [0.15, 0.2) is 72.9 Å². The Kier molecular flexibility index (Phi) is 7.45. The van der Waals surface area contributed by atoms with Gasteiger partial charge in [0, 0.05) is 50.1 Å². The van der Waals surface area contributed by atoms with Gasteiger partial charge in [0.25, 0.3) is 0 Å². The van der Waals surface area contributed by atoms with Gasteiger partial charge in [0.05, 0.1) is 14.2 Å². The second-order valence-corrected chi connectivity index (χ2v) is 9.13. The van der Waals surface area contributed by atoms with Gasteiger partial charge in [0.1, 0.15) is 0 Å². The first-order chi connectivity index (χ1) is 16.9. The second kappa shape index (κ2) is 10.7. The summed E-state index contributed by atoms with van der Waals surface area (Å²) < 4.78 is 12.9. The van der Waals surface area contributed by atoms with Crippen molar-refractivity contribution in [3.63, 3.8) is 0 Å². The zero-order chi connectivity index (χ0) is 24.9. The molecule has 0 saturated carbocycles. The van der Waals surface area contributed by atoms with Crippen LogP contribution in [0.1, 0.15) is 34.6 Å². The first-order valence-corrected chi connectivity index (χ1v) is 12.0. The normalized spacial score (nSPS) is 11.9. The lowest BCUT2D eigenvalue weighted by atomic mass is 9.87. The highest BCUT2D eigenvalue weighted by Gasteiger charge is 2.24. The number of aromatic nitrogens is 1. The number of carbonyl (C=O) groups is 1. The Bertz CT molecular complexity index is 1310. The minimum absolute atomic E-state index is 0.0160. The van der Waals surface area contributed by atoms with Crippen LogP contribution in [-0.4, -0.2) is 43.2 Å².